The van der Waals surface area contributed by atoms with Gasteiger partial charge in [0.15, 0.2) is 5.82 Å². The second kappa shape index (κ2) is 7.14. The summed E-state index contributed by atoms with van der Waals surface area (Å²) in [4.78, 5) is 11.2. The smallest absolute Gasteiger partial charge is 0.153 e. The first-order valence-corrected chi connectivity index (χ1v) is 8.98. The molecule has 0 bridgehead atoms. The lowest BCUT2D eigenvalue weighted by molar-refractivity contribution is 0.225. The quantitative estimate of drug-likeness (QED) is 0.877. The van der Waals surface area contributed by atoms with E-state index in [2.05, 4.69) is 14.9 Å². The number of rotatable bonds is 2. The molecule has 0 amide bonds. The van der Waals surface area contributed by atoms with Crippen LogP contribution in [0.2, 0.25) is 0 Å². The number of anilines is 1. The maximum atomic E-state index is 9.42. The van der Waals surface area contributed by atoms with Crippen LogP contribution in [0.25, 0.3) is 0 Å². The Hall–Kier alpha value is -1.20. The van der Waals surface area contributed by atoms with Crippen molar-refractivity contribution >= 4 is 5.82 Å². The van der Waals surface area contributed by atoms with E-state index >= 15 is 0 Å². The minimum absolute atomic E-state index is 0.0236. The van der Waals surface area contributed by atoms with Crippen molar-refractivity contribution in [3.63, 3.8) is 0 Å². The molecule has 2 aliphatic carbocycles. The molecule has 128 valence electrons. The van der Waals surface area contributed by atoms with Crippen LogP contribution in [-0.4, -0.2) is 39.4 Å². The monoisotopic (exact) mass is 319 g/mol. The molecule has 2 N–H and O–H groups in total. The summed E-state index contributed by atoms with van der Waals surface area (Å²) >= 11 is 0. The normalized spacial score (nSPS) is 22.8. The molecule has 3 fully saturated rings. The first kappa shape index (κ1) is 16.7. The third-order valence-electron chi connectivity index (χ3n) is 5.43. The molecule has 4 rings (SSSR count). The van der Waals surface area contributed by atoms with E-state index in [4.69, 9.17) is 5.11 Å². The molecular formula is C18H29N3O2. The molecule has 1 saturated heterocycles. The average molecular weight is 319 g/mol. The highest BCUT2D eigenvalue weighted by Crippen LogP contribution is 2.46. The molecule has 0 radical (unpaired) electrons. The molecule has 0 unspecified atom stereocenters. The van der Waals surface area contributed by atoms with Crippen LogP contribution in [0.15, 0.2) is 6.20 Å². The molecular weight excluding hydrogens is 290 g/mol. The zero-order valence-electron chi connectivity index (χ0n) is 14.2. The summed E-state index contributed by atoms with van der Waals surface area (Å²) in [5.74, 6) is 0.898. The van der Waals surface area contributed by atoms with Crippen LogP contribution in [0.3, 0.4) is 0 Å². The number of hydrogen-bond donors (Lipinski definition) is 2. The summed E-state index contributed by atoms with van der Waals surface area (Å²) in [6.45, 7) is 4.06. The zero-order chi connectivity index (χ0) is 16.3. The number of nitrogens with zero attached hydrogens (tertiary/aromatic N) is 3. The predicted octanol–water partition coefficient (Wildman–Crippen LogP) is 2.58. The summed E-state index contributed by atoms with van der Waals surface area (Å²) in [7, 11) is 0. The van der Waals surface area contributed by atoms with Crippen molar-refractivity contribution in [2.45, 2.75) is 71.0 Å². The summed E-state index contributed by atoms with van der Waals surface area (Å²) in [5, 5.41) is 17.6. The van der Waals surface area contributed by atoms with E-state index in [0.29, 0.717) is 11.1 Å². The summed E-state index contributed by atoms with van der Waals surface area (Å²) in [6.07, 6.45) is 12.1. The number of aliphatic hydroxyl groups excluding tert-OH is 2. The van der Waals surface area contributed by atoms with Gasteiger partial charge in [-0.25, -0.2) is 4.98 Å². The van der Waals surface area contributed by atoms with Crippen molar-refractivity contribution in [1.29, 1.82) is 0 Å². The molecule has 1 aromatic rings. The van der Waals surface area contributed by atoms with Crippen LogP contribution < -0.4 is 4.90 Å². The van der Waals surface area contributed by atoms with Crippen molar-refractivity contribution in [2.24, 2.45) is 5.41 Å². The second-order valence-electron chi connectivity index (χ2n) is 7.37. The number of hydrogen-bond acceptors (Lipinski definition) is 5. The van der Waals surface area contributed by atoms with Crippen molar-refractivity contribution < 1.29 is 10.2 Å². The lowest BCUT2D eigenvalue weighted by Crippen LogP contribution is -2.40. The van der Waals surface area contributed by atoms with Crippen LogP contribution in [0.5, 0.6) is 0 Å². The van der Waals surface area contributed by atoms with Gasteiger partial charge >= 0.3 is 0 Å². The third kappa shape index (κ3) is 4.21. The van der Waals surface area contributed by atoms with Gasteiger partial charge in [-0.15, -0.1) is 0 Å². The highest BCUT2D eigenvalue weighted by atomic mass is 16.3. The molecule has 0 aromatic carbocycles. The topological polar surface area (TPSA) is 69.5 Å². The van der Waals surface area contributed by atoms with Gasteiger partial charge < -0.3 is 15.1 Å². The predicted molar refractivity (Wildman–Crippen MR) is 90.3 cm³/mol. The van der Waals surface area contributed by atoms with Crippen LogP contribution in [-0.2, 0) is 6.61 Å². The highest BCUT2D eigenvalue weighted by molar-refractivity contribution is 5.44. The van der Waals surface area contributed by atoms with Gasteiger partial charge in [0.1, 0.15) is 5.69 Å². The largest absolute Gasteiger partial charge is 0.393 e. The summed E-state index contributed by atoms with van der Waals surface area (Å²) in [6, 6.07) is 0. The van der Waals surface area contributed by atoms with Crippen LogP contribution in [0.4, 0.5) is 5.82 Å². The second-order valence-corrected chi connectivity index (χ2v) is 7.37. The van der Waals surface area contributed by atoms with E-state index in [1.165, 1.54) is 38.5 Å². The van der Waals surface area contributed by atoms with Gasteiger partial charge in [0, 0.05) is 19.3 Å². The van der Waals surface area contributed by atoms with Crippen LogP contribution in [0.1, 0.15) is 62.8 Å². The van der Waals surface area contributed by atoms with Gasteiger partial charge in [-0.3, -0.25) is 4.98 Å². The third-order valence-corrected chi connectivity index (χ3v) is 5.43. The lowest BCUT2D eigenvalue weighted by Gasteiger charge is -2.40. The molecule has 0 atom stereocenters. The van der Waals surface area contributed by atoms with Gasteiger partial charge in [0.25, 0.3) is 0 Å². The SMILES string of the molecule is Cc1cnc(CO)c(N2CCC3(CCCC3)CC2)n1.OC1CC1. The number of piperidine rings is 1. The van der Waals surface area contributed by atoms with Crippen molar-refractivity contribution in [1.82, 2.24) is 9.97 Å². The first-order chi connectivity index (χ1) is 11.1. The summed E-state index contributed by atoms with van der Waals surface area (Å²) < 4.78 is 0. The molecule has 1 aromatic heterocycles. The van der Waals surface area contributed by atoms with Crippen LogP contribution in [0, 0.1) is 12.3 Å². The number of aryl methyl sites for hydroxylation is 1. The molecule has 2 saturated carbocycles. The van der Waals surface area contributed by atoms with Crippen LogP contribution >= 0.6 is 0 Å². The lowest BCUT2D eigenvalue weighted by atomic mass is 9.77. The average Bonchev–Trinajstić information content (AvgIpc) is 3.22. The fourth-order valence-electron chi connectivity index (χ4n) is 3.75. The van der Waals surface area contributed by atoms with Crippen molar-refractivity contribution in [3.05, 3.63) is 17.6 Å². The van der Waals surface area contributed by atoms with E-state index in [9.17, 15) is 5.11 Å². The molecule has 2 heterocycles. The maximum absolute atomic E-state index is 9.42. The standard InChI is InChI=1S/C15H23N3O.C3H6O/c1-12-10-16-13(11-19)14(17-12)18-8-6-15(7-9-18)4-2-3-5-15;4-3-1-2-3/h10,19H,2-9,11H2,1H3;3-4H,1-2H2. The van der Waals surface area contributed by atoms with E-state index in [0.717, 1.165) is 37.4 Å². The highest BCUT2D eigenvalue weighted by Gasteiger charge is 2.37. The fourth-order valence-corrected chi connectivity index (χ4v) is 3.75. The molecule has 3 aliphatic rings. The zero-order valence-corrected chi connectivity index (χ0v) is 14.2. The van der Waals surface area contributed by atoms with E-state index in [-0.39, 0.29) is 12.7 Å². The number of aliphatic hydroxyl groups is 2. The van der Waals surface area contributed by atoms with Crippen molar-refractivity contribution in [3.8, 4) is 0 Å². The summed E-state index contributed by atoms with van der Waals surface area (Å²) in [5.41, 5.74) is 2.26. The Labute approximate surface area is 138 Å². The van der Waals surface area contributed by atoms with E-state index in [1.54, 1.807) is 6.20 Å². The molecule has 5 nitrogen and oxygen atoms in total. The van der Waals surface area contributed by atoms with E-state index in [1.807, 2.05) is 6.92 Å². The Bertz CT molecular complexity index is 515. The molecule has 23 heavy (non-hydrogen) atoms. The molecule has 1 spiro atoms. The van der Waals surface area contributed by atoms with Gasteiger partial charge in [0.05, 0.1) is 18.4 Å². The van der Waals surface area contributed by atoms with Gasteiger partial charge in [-0.1, -0.05) is 12.8 Å². The minimum Gasteiger partial charge on any atom is -0.393 e. The minimum atomic E-state index is -0.0236. The van der Waals surface area contributed by atoms with E-state index < -0.39 is 0 Å². The Morgan fingerprint density at radius 2 is 1.78 bits per heavy atom. The van der Waals surface area contributed by atoms with Crippen molar-refractivity contribution in [2.75, 3.05) is 18.0 Å². The Kier molecular flexibility index (Phi) is 5.17. The Morgan fingerprint density at radius 1 is 1.17 bits per heavy atom. The number of aromatic nitrogens is 2. The maximum Gasteiger partial charge on any atom is 0.153 e. The van der Waals surface area contributed by atoms with Gasteiger partial charge in [-0.05, 0) is 50.9 Å². The Balaban J connectivity index is 0.000000341. The molecule has 5 heteroatoms. The first-order valence-electron chi connectivity index (χ1n) is 8.98. The molecule has 1 aliphatic heterocycles. The van der Waals surface area contributed by atoms with Gasteiger partial charge in [0.2, 0.25) is 0 Å². The Morgan fingerprint density at radius 3 is 2.30 bits per heavy atom. The van der Waals surface area contributed by atoms with Gasteiger partial charge in [-0.2, -0.15) is 0 Å². The fraction of sp³-hybridized carbons (Fsp3) is 0.778.